The zero-order valence-electron chi connectivity index (χ0n) is 12.1. The van der Waals surface area contributed by atoms with Gasteiger partial charge in [0.2, 0.25) is 0 Å². The summed E-state index contributed by atoms with van der Waals surface area (Å²) in [4.78, 5) is 2.35. The monoisotopic (exact) mass is 264 g/mol. The molecule has 1 saturated carbocycles. The first-order chi connectivity index (χ1) is 9.15. The number of hydrogen-bond donors (Lipinski definition) is 1. The molecule has 0 aliphatic heterocycles. The molecule has 1 aromatic rings. The molecule has 0 saturated heterocycles. The molecule has 19 heavy (non-hydrogen) atoms. The van der Waals surface area contributed by atoms with Crippen LogP contribution in [0.25, 0.3) is 0 Å². The lowest BCUT2D eigenvalue weighted by molar-refractivity contribution is 0.220. The van der Waals surface area contributed by atoms with E-state index in [2.05, 4.69) is 18.0 Å². The van der Waals surface area contributed by atoms with Crippen LogP contribution in [-0.2, 0) is 6.54 Å². The third kappa shape index (κ3) is 3.19. The van der Waals surface area contributed by atoms with Crippen molar-refractivity contribution in [2.24, 2.45) is 5.73 Å². The van der Waals surface area contributed by atoms with Crippen LogP contribution in [0, 0.1) is 0 Å². The summed E-state index contributed by atoms with van der Waals surface area (Å²) >= 11 is 0. The molecule has 0 spiro atoms. The van der Waals surface area contributed by atoms with Crippen molar-refractivity contribution >= 4 is 0 Å². The molecule has 0 radical (unpaired) electrons. The van der Waals surface area contributed by atoms with E-state index in [0.717, 1.165) is 24.5 Å². The molecular weight excluding hydrogens is 240 g/mol. The summed E-state index contributed by atoms with van der Waals surface area (Å²) in [6.07, 6.45) is 3.58. The average molecular weight is 264 g/mol. The van der Waals surface area contributed by atoms with Crippen LogP contribution in [0.1, 0.15) is 24.8 Å². The molecule has 0 heterocycles. The van der Waals surface area contributed by atoms with Crippen molar-refractivity contribution in [3.05, 3.63) is 23.8 Å². The second kappa shape index (κ2) is 6.26. The van der Waals surface area contributed by atoms with Crippen LogP contribution in [0.15, 0.2) is 18.2 Å². The summed E-state index contributed by atoms with van der Waals surface area (Å²) in [5.41, 5.74) is 7.37. The third-order valence-electron chi connectivity index (χ3n) is 3.98. The predicted octanol–water partition coefficient (Wildman–Crippen LogP) is 2.02. The Morgan fingerprint density at radius 2 is 1.95 bits per heavy atom. The molecule has 1 fully saturated rings. The van der Waals surface area contributed by atoms with Gasteiger partial charge in [-0.2, -0.15) is 0 Å². The van der Waals surface area contributed by atoms with Crippen molar-refractivity contribution in [2.45, 2.75) is 37.9 Å². The van der Waals surface area contributed by atoms with Gasteiger partial charge in [-0.1, -0.05) is 12.5 Å². The lowest BCUT2D eigenvalue weighted by Gasteiger charge is -2.27. The molecule has 0 bridgehead atoms. The minimum atomic E-state index is 0.310. The highest BCUT2D eigenvalue weighted by atomic mass is 16.5. The van der Waals surface area contributed by atoms with Gasteiger partial charge in [0, 0.05) is 18.6 Å². The summed E-state index contributed by atoms with van der Waals surface area (Å²) in [5, 5.41) is 0. The van der Waals surface area contributed by atoms with Crippen molar-refractivity contribution in [3.63, 3.8) is 0 Å². The average Bonchev–Trinajstić information content (AvgIpc) is 2.85. The number of rotatable bonds is 5. The van der Waals surface area contributed by atoms with Gasteiger partial charge in [-0.25, -0.2) is 0 Å². The Hall–Kier alpha value is -1.26. The molecule has 2 unspecified atom stereocenters. The van der Waals surface area contributed by atoms with Crippen molar-refractivity contribution in [3.8, 4) is 11.5 Å². The van der Waals surface area contributed by atoms with E-state index in [1.54, 1.807) is 14.2 Å². The van der Waals surface area contributed by atoms with E-state index >= 15 is 0 Å². The third-order valence-corrected chi connectivity index (χ3v) is 3.98. The molecular formula is C15H24N2O2. The summed E-state index contributed by atoms with van der Waals surface area (Å²) < 4.78 is 10.6. The van der Waals surface area contributed by atoms with Gasteiger partial charge in [-0.3, -0.25) is 4.90 Å². The fraction of sp³-hybridized carbons (Fsp3) is 0.600. The van der Waals surface area contributed by atoms with Crippen molar-refractivity contribution < 1.29 is 9.47 Å². The Kier molecular flexibility index (Phi) is 4.66. The minimum absolute atomic E-state index is 0.310. The molecule has 1 aromatic carbocycles. The highest BCUT2D eigenvalue weighted by Gasteiger charge is 2.27. The van der Waals surface area contributed by atoms with E-state index in [-0.39, 0.29) is 0 Å². The highest BCUT2D eigenvalue weighted by Crippen LogP contribution is 2.29. The molecule has 0 amide bonds. The zero-order chi connectivity index (χ0) is 13.8. The SMILES string of the molecule is COc1ccc(CN(C)C2CCCC2N)cc1OC. The van der Waals surface area contributed by atoms with Crippen LogP contribution in [-0.4, -0.2) is 38.3 Å². The first-order valence-corrected chi connectivity index (χ1v) is 6.82. The predicted molar refractivity (Wildman–Crippen MR) is 76.6 cm³/mol. The van der Waals surface area contributed by atoms with Crippen molar-refractivity contribution in [1.29, 1.82) is 0 Å². The fourth-order valence-electron chi connectivity index (χ4n) is 2.90. The van der Waals surface area contributed by atoms with Gasteiger partial charge in [0.1, 0.15) is 0 Å². The summed E-state index contributed by atoms with van der Waals surface area (Å²) in [6, 6.07) is 6.88. The zero-order valence-corrected chi connectivity index (χ0v) is 12.1. The number of likely N-dealkylation sites (N-methyl/N-ethyl adjacent to an activating group) is 1. The topological polar surface area (TPSA) is 47.7 Å². The molecule has 1 aliphatic rings. The molecule has 0 aromatic heterocycles. The smallest absolute Gasteiger partial charge is 0.161 e. The summed E-state index contributed by atoms with van der Waals surface area (Å²) in [5.74, 6) is 1.55. The van der Waals surface area contributed by atoms with Gasteiger partial charge in [0.05, 0.1) is 14.2 Å². The van der Waals surface area contributed by atoms with Gasteiger partial charge < -0.3 is 15.2 Å². The Balaban J connectivity index is 2.06. The maximum atomic E-state index is 6.15. The lowest BCUT2D eigenvalue weighted by Crippen LogP contribution is -2.41. The van der Waals surface area contributed by atoms with Crippen LogP contribution in [0.5, 0.6) is 11.5 Å². The molecule has 2 rings (SSSR count). The van der Waals surface area contributed by atoms with Crippen LogP contribution in [0.2, 0.25) is 0 Å². The van der Waals surface area contributed by atoms with E-state index in [1.807, 2.05) is 12.1 Å². The number of ether oxygens (including phenoxy) is 2. The molecule has 2 atom stereocenters. The number of benzene rings is 1. The van der Waals surface area contributed by atoms with E-state index in [0.29, 0.717) is 12.1 Å². The van der Waals surface area contributed by atoms with Gasteiger partial charge in [0.25, 0.3) is 0 Å². The van der Waals surface area contributed by atoms with Gasteiger partial charge >= 0.3 is 0 Å². The second-order valence-corrected chi connectivity index (χ2v) is 5.27. The number of nitrogens with two attached hydrogens (primary N) is 1. The number of hydrogen-bond acceptors (Lipinski definition) is 4. The second-order valence-electron chi connectivity index (χ2n) is 5.27. The quantitative estimate of drug-likeness (QED) is 0.884. The van der Waals surface area contributed by atoms with Crippen LogP contribution < -0.4 is 15.2 Å². The number of nitrogens with zero attached hydrogens (tertiary/aromatic N) is 1. The van der Waals surface area contributed by atoms with Gasteiger partial charge in [0.15, 0.2) is 11.5 Å². The Bertz CT molecular complexity index is 423. The van der Waals surface area contributed by atoms with Gasteiger partial charge in [-0.15, -0.1) is 0 Å². The van der Waals surface area contributed by atoms with Crippen LogP contribution in [0.4, 0.5) is 0 Å². The Morgan fingerprint density at radius 1 is 1.21 bits per heavy atom. The summed E-state index contributed by atoms with van der Waals surface area (Å²) in [7, 11) is 5.46. The van der Waals surface area contributed by atoms with Crippen LogP contribution in [0.3, 0.4) is 0 Å². The lowest BCUT2D eigenvalue weighted by atomic mass is 10.1. The first-order valence-electron chi connectivity index (χ1n) is 6.82. The van der Waals surface area contributed by atoms with Crippen molar-refractivity contribution in [1.82, 2.24) is 4.90 Å². The molecule has 4 nitrogen and oxygen atoms in total. The molecule has 106 valence electrons. The molecule has 1 aliphatic carbocycles. The largest absolute Gasteiger partial charge is 0.493 e. The first kappa shape index (κ1) is 14.2. The van der Waals surface area contributed by atoms with Gasteiger partial charge in [-0.05, 0) is 37.6 Å². The standard InChI is InChI=1S/C15H24N2O2/c1-17(13-6-4-5-12(13)16)10-11-7-8-14(18-2)15(9-11)19-3/h7-9,12-13H,4-6,10,16H2,1-3H3. The summed E-state index contributed by atoms with van der Waals surface area (Å²) in [6.45, 7) is 0.888. The minimum Gasteiger partial charge on any atom is -0.493 e. The van der Waals surface area contributed by atoms with E-state index in [4.69, 9.17) is 15.2 Å². The molecule has 4 heteroatoms. The van der Waals surface area contributed by atoms with Crippen molar-refractivity contribution in [2.75, 3.05) is 21.3 Å². The Morgan fingerprint density at radius 3 is 2.53 bits per heavy atom. The van der Waals surface area contributed by atoms with E-state index in [9.17, 15) is 0 Å². The maximum Gasteiger partial charge on any atom is 0.161 e. The van der Waals surface area contributed by atoms with E-state index in [1.165, 1.54) is 18.4 Å². The maximum absolute atomic E-state index is 6.15. The molecule has 2 N–H and O–H groups in total. The number of methoxy groups -OCH3 is 2. The highest BCUT2D eigenvalue weighted by molar-refractivity contribution is 5.42. The van der Waals surface area contributed by atoms with Crippen LogP contribution >= 0.6 is 0 Å². The fourth-order valence-corrected chi connectivity index (χ4v) is 2.90. The normalized spacial score (nSPS) is 22.8. The van der Waals surface area contributed by atoms with E-state index < -0.39 is 0 Å². The Labute approximate surface area is 115 Å².